The Labute approximate surface area is 93.4 Å². The number of carbonyl (C=O) groups is 2. The molecule has 0 aromatic heterocycles. The first-order chi connectivity index (χ1) is 7.65. The number of amides is 1. The van der Waals surface area contributed by atoms with E-state index in [4.69, 9.17) is 0 Å². The van der Waals surface area contributed by atoms with Gasteiger partial charge in [-0.15, -0.1) is 0 Å². The van der Waals surface area contributed by atoms with Gasteiger partial charge in [0.15, 0.2) is 0 Å². The molecular weight excluding hydrogens is 210 g/mol. The highest BCUT2D eigenvalue weighted by Crippen LogP contribution is 2.10. The van der Waals surface area contributed by atoms with E-state index in [1.54, 1.807) is 24.3 Å². The molecule has 1 rings (SSSR count). The number of anilines is 1. The molecule has 0 aliphatic carbocycles. The number of hydrogen-bond donors (Lipinski definition) is 1. The topological polar surface area (TPSA) is 64.6 Å². The average molecular weight is 223 g/mol. The number of methoxy groups -OCH3 is 2. The second-order valence-corrected chi connectivity index (χ2v) is 3.07. The van der Waals surface area contributed by atoms with Gasteiger partial charge in [0, 0.05) is 5.69 Å². The fourth-order valence-electron chi connectivity index (χ4n) is 1.11. The van der Waals surface area contributed by atoms with Gasteiger partial charge in [-0.2, -0.15) is 0 Å². The Kier molecular flexibility index (Phi) is 4.32. The third-order valence-corrected chi connectivity index (χ3v) is 1.96. The maximum atomic E-state index is 11.0. The molecule has 1 aromatic carbocycles. The summed E-state index contributed by atoms with van der Waals surface area (Å²) >= 11 is 0. The number of ether oxygens (including phenoxy) is 2. The lowest BCUT2D eigenvalue weighted by Crippen LogP contribution is -2.11. The highest BCUT2D eigenvalue weighted by Gasteiger charge is 2.03. The summed E-state index contributed by atoms with van der Waals surface area (Å²) in [5.41, 5.74) is 1.43. The standard InChI is InChI=1S/C11H13NO4/c1-15-10(13)7-8-3-5-9(6-4-8)12-11(14)16-2/h3-6H,7H2,1-2H3,(H,12,14). The molecule has 0 heterocycles. The zero-order valence-electron chi connectivity index (χ0n) is 9.15. The fourth-order valence-corrected chi connectivity index (χ4v) is 1.11. The maximum Gasteiger partial charge on any atom is 0.411 e. The molecule has 0 bridgehead atoms. The van der Waals surface area contributed by atoms with Crippen molar-refractivity contribution in [1.82, 2.24) is 0 Å². The summed E-state index contributed by atoms with van der Waals surface area (Å²) < 4.78 is 8.98. The van der Waals surface area contributed by atoms with Gasteiger partial charge in [0.05, 0.1) is 20.6 Å². The summed E-state index contributed by atoms with van der Waals surface area (Å²) in [6.45, 7) is 0. The second-order valence-electron chi connectivity index (χ2n) is 3.07. The summed E-state index contributed by atoms with van der Waals surface area (Å²) in [7, 11) is 2.64. The predicted molar refractivity (Wildman–Crippen MR) is 58.2 cm³/mol. The Morgan fingerprint density at radius 3 is 2.25 bits per heavy atom. The Morgan fingerprint density at radius 2 is 1.75 bits per heavy atom. The lowest BCUT2D eigenvalue weighted by molar-refractivity contribution is -0.139. The molecule has 0 atom stereocenters. The normalized spacial score (nSPS) is 9.38. The highest BCUT2D eigenvalue weighted by molar-refractivity contribution is 5.84. The molecule has 0 saturated heterocycles. The molecule has 0 aliphatic heterocycles. The summed E-state index contributed by atoms with van der Waals surface area (Å²) in [5, 5.41) is 2.51. The molecule has 0 unspecified atom stereocenters. The van der Waals surface area contributed by atoms with Crippen LogP contribution in [0.4, 0.5) is 10.5 Å². The van der Waals surface area contributed by atoms with Gasteiger partial charge >= 0.3 is 12.1 Å². The van der Waals surface area contributed by atoms with Crippen molar-refractivity contribution in [3.63, 3.8) is 0 Å². The molecule has 16 heavy (non-hydrogen) atoms. The first-order valence-corrected chi connectivity index (χ1v) is 4.66. The lowest BCUT2D eigenvalue weighted by Gasteiger charge is -2.04. The van der Waals surface area contributed by atoms with E-state index in [1.807, 2.05) is 0 Å². The third-order valence-electron chi connectivity index (χ3n) is 1.96. The van der Waals surface area contributed by atoms with Gasteiger partial charge in [0.1, 0.15) is 0 Å². The van der Waals surface area contributed by atoms with Crippen LogP contribution in [0.3, 0.4) is 0 Å². The first kappa shape index (κ1) is 12.0. The lowest BCUT2D eigenvalue weighted by atomic mass is 10.1. The van der Waals surface area contributed by atoms with Crippen LogP contribution >= 0.6 is 0 Å². The van der Waals surface area contributed by atoms with Crippen LogP contribution in [0.2, 0.25) is 0 Å². The number of esters is 1. The molecule has 0 aliphatic rings. The number of carbonyl (C=O) groups excluding carboxylic acids is 2. The molecule has 1 amide bonds. The fraction of sp³-hybridized carbons (Fsp3) is 0.273. The van der Waals surface area contributed by atoms with Crippen molar-refractivity contribution in [2.24, 2.45) is 0 Å². The molecule has 0 spiro atoms. The Morgan fingerprint density at radius 1 is 1.12 bits per heavy atom. The molecule has 1 aromatic rings. The van der Waals surface area contributed by atoms with Crippen LogP contribution in [0.5, 0.6) is 0 Å². The molecular formula is C11H13NO4. The van der Waals surface area contributed by atoms with Crippen molar-refractivity contribution in [2.75, 3.05) is 19.5 Å². The Bertz CT molecular complexity index is 335. The third kappa shape index (κ3) is 3.61. The minimum absolute atomic E-state index is 0.217. The number of rotatable bonds is 3. The molecule has 5 heteroatoms. The summed E-state index contributed by atoms with van der Waals surface area (Å²) in [4.78, 5) is 21.9. The van der Waals surface area contributed by atoms with Crippen LogP contribution in [0.15, 0.2) is 24.3 Å². The van der Waals surface area contributed by atoms with Crippen LogP contribution < -0.4 is 5.32 Å². The molecule has 1 N–H and O–H groups in total. The van der Waals surface area contributed by atoms with Gasteiger partial charge in [-0.3, -0.25) is 10.1 Å². The molecule has 86 valence electrons. The summed E-state index contributed by atoms with van der Waals surface area (Å²) in [6, 6.07) is 6.86. The quantitative estimate of drug-likeness (QED) is 0.790. The summed E-state index contributed by atoms with van der Waals surface area (Å²) in [6.07, 6.45) is -0.310. The minimum atomic E-state index is -0.527. The monoisotopic (exact) mass is 223 g/mol. The van der Waals surface area contributed by atoms with Gasteiger partial charge in [0.25, 0.3) is 0 Å². The van der Waals surface area contributed by atoms with E-state index in [0.29, 0.717) is 5.69 Å². The summed E-state index contributed by atoms with van der Waals surface area (Å²) in [5.74, 6) is -0.298. The van der Waals surface area contributed by atoms with Gasteiger partial charge in [-0.05, 0) is 17.7 Å². The van der Waals surface area contributed by atoms with Gasteiger partial charge in [-0.25, -0.2) is 4.79 Å². The number of benzene rings is 1. The van der Waals surface area contributed by atoms with Crippen LogP contribution in [0.25, 0.3) is 0 Å². The Balaban J connectivity index is 2.60. The van der Waals surface area contributed by atoms with Crippen molar-refractivity contribution < 1.29 is 19.1 Å². The average Bonchev–Trinajstić information content (AvgIpc) is 2.31. The van der Waals surface area contributed by atoms with E-state index in [9.17, 15) is 9.59 Å². The van der Waals surface area contributed by atoms with Crippen molar-refractivity contribution >= 4 is 17.7 Å². The number of nitrogens with one attached hydrogen (secondary N) is 1. The van der Waals surface area contributed by atoms with Crippen molar-refractivity contribution in [2.45, 2.75) is 6.42 Å². The van der Waals surface area contributed by atoms with Crippen LogP contribution in [0, 0.1) is 0 Å². The van der Waals surface area contributed by atoms with E-state index in [-0.39, 0.29) is 12.4 Å². The zero-order chi connectivity index (χ0) is 12.0. The first-order valence-electron chi connectivity index (χ1n) is 4.66. The molecule has 5 nitrogen and oxygen atoms in total. The van der Waals surface area contributed by atoms with Crippen LogP contribution in [-0.4, -0.2) is 26.3 Å². The molecule has 0 saturated carbocycles. The predicted octanol–water partition coefficient (Wildman–Crippen LogP) is 1.58. The smallest absolute Gasteiger partial charge is 0.411 e. The van der Waals surface area contributed by atoms with Crippen molar-refractivity contribution in [3.8, 4) is 0 Å². The Hall–Kier alpha value is -2.04. The van der Waals surface area contributed by atoms with E-state index >= 15 is 0 Å². The van der Waals surface area contributed by atoms with E-state index in [0.717, 1.165) is 5.56 Å². The molecule has 0 fully saturated rings. The van der Waals surface area contributed by atoms with Gasteiger partial charge < -0.3 is 9.47 Å². The second kappa shape index (κ2) is 5.75. The van der Waals surface area contributed by atoms with Gasteiger partial charge in [-0.1, -0.05) is 12.1 Å². The van der Waals surface area contributed by atoms with Gasteiger partial charge in [0.2, 0.25) is 0 Å². The SMILES string of the molecule is COC(=O)Cc1ccc(NC(=O)OC)cc1. The highest BCUT2D eigenvalue weighted by atomic mass is 16.5. The van der Waals surface area contributed by atoms with E-state index in [2.05, 4.69) is 14.8 Å². The minimum Gasteiger partial charge on any atom is -0.469 e. The number of hydrogen-bond acceptors (Lipinski definition) is 4. The zero-order valence-corrected chi connectivity index (χ0v) is 9.15. The molecule has 0 radical (unpaired) electrons. The van der Waals surface area contributed by atoms with Crippen LogP contribution in [-0.2, 0) is 20.7 Å². The maximum absolute atomic E-state index is 11.0. The largest absolute Gasteiger partial charge is 0.469 e. The van der Waals surface area contributed by atoms with Crippen molar-refractivity contribution in [1.29, 1.82) is 0 Å². The van der Waals surface area contributed by atoms with Crippen molar-refractivity contribution in [3.05, 3.63) is 29.8 Å². The van der Waals surface area contributed by atoms with E-state index < -0.39 is 6.09 Å². The van der Waals surface area contributed by atoms with E-state index in [1.165, 1.54) is 14.2 Å². The van der Waals surface area contributed by atoms with Crippen LogP contribution in [0.1, 0.15) is 5.56 Å².